The molecule has 0 bridgehead atoms. The second-order valence-electron chi connectivity index (χ2n) is 9.90. The molecule has 0 aliphatic carbocycles. The summed E-state index contributed by atoms with van der Waals surface area (Å²) < 4.78 is 10.9. The number of amides is 1. The summed E-state index contributed by atoms with van der Waals surface area (Å²) in [5.74, 6) is 1.50. The zero-order valence-corrected chi connectivity index (χ0v) is 21.5. The van der Waals surface area contributed by atoms with Gasteiger partial charge in [0, 0.05) is 87.3 Å². The predicted octanol–water partition coefficient (Wildman–Crippen LogP) is 2.37. The van der Waals surface area contributed by atoms with Gasteiger partial charge in [0.15, 0.2) is 5.82 Å². The van der Waals surface area contributed by atoms with E-state index in [9.17, 15) is 4.79 Å². The average molecular weight is 516 g/mol. The highest BCUT2D eigenvalue weighted by Crippen LogP contribution is 2.29. The van der Waals surface area contributed by atoms with Crippen molar-refractivity contribution >= 4 is 11.7 Å². The number of hydrogen-bond acceptors (Lipinski definition) is 9. The summed E-state index contributed by atoms with van der Waals surface area (Å²) in [5, 5.41) is 0. The Morgan fingerprint density at radius 3 is 2.24 bits per heavy atom. The van der Waals surface area contributed by atoms with Crippen LogP contribution in [0.4, 0.5) is 5.82 Å². The van der Waals surface area contributed by atoms with Crippen LogP contribution >= 0.6 is 0 Å². The van der Waals surface area contributed by atoms with E-state index in [0.717, 1.165) is 74.9 Å². The lowest BCUT2D eigenvalue weighted by atomic mass is 10.0. The van der Waals surface area contributed by atoms with Crippen LogP contribution in [0.1, 0.15) is 23.2 Å². The second-order valence-corrected chi connectivity index (χ2v) is 9.90. The summed E-state index contributed by atoms with van der Waals surface area (Å²) in [6.45, 7) is 7.85. The molecule has 0 radical (unpaired) electrons. The Morgan fingerprint density at radius 2 is 1.50 bits per heavy atom. The molecule has 1 amide bonds. The predicted molar refractivity (Wildman–Crippen MR) is 143 cm³/mol. The van der Waals surface area contributed by atoms with Crippen LogP contribution in [0.5, 0.6) is 0 Å². The molecule has 0 atom stereocenters. The molecule has 3 fully saturated rings. The summed E-state index contributed by atoms with van der Waals surface area (Å²) >= 11 is 0. The smallest absolute Gasteiger partial charge is 0.255 e. The molecule has 3 aliphatic rings. The Bertz CT molecular complexity index is 1240. The summed E-state index contributed by atoms with van der Waals surface area (Å²) in [6.07, 6.45) is 9.08. The zero-order valence-electron chi connectivity index (χ0n) is 21.5. The SMILES string of the molecule is O=C(c1cncc(-c2cc(N3CCC(N4CCOCC4)CC3)nc(-c3ccncc3)n2)c1)N1CCOCC1. The summed E-state index contributed by atoms with van der Waals surface area (Å²) in [6, 6.07) is 8.34. The molecule has 0 unspecified atom stereocenters. The Balaban J connectivity index is 1.28. The van der Waals surface area contributed by atoms with Gasteiger partial charge in [0.05, 0.1) is 37.7 Å². The summed E-state index contributed by atoms with van der Waals surface area (Å²) in [5.41, 5.74) is 3.01. The largest absolute Gasteiger partial charge is 0.379 e. The lowest BCUT2D eigenvalue weighted by molar-refractivity contribution is 0.0115. The van der Waals surface area contributed by atoms with Gasteiger partial charge in [-0.3, -0.25) is 19.7 Å². The number of rotatable bonds is 5. The van der Waals surface area contributed by atoms with E-state index in [-0.39, 0.29) is 5.91 Å². The maximum Gasteiger partial charge on any atom is 0.255 e. The van der Waals surface area contributed by atoms with Gasteiger partial charge in [0.1, 0.15) is 5.82 Å². The minimum Gasteiger partial charge on any atom is -0.379 e. The molecule has 0 saturated carbocycles. The summed E-state index contributed by atoms with van der Waals surface area (Å²) in [7, 11) is 0. The lowest BCUT2D eigenvalue weighted by Gasteiger charge is -2.40. The van der Waals surface area contributed by atoms with Crippen LogP contribution < -0.4 is 4.90 Å². The Labute approximate surface area is 222 Å². The molecule has 6 heterocycles. The van der Waals surface area contributed by atoms with Crippen molar-refractivity contribution in [2.75, 3.05) is 70.6 Å². The van der Waals surface area contributed by atoms with Gasteiger partial charge in [0.25, 0.3) is 5.91 Å². The number of pyridine rings is 2. The van der Waals surface area contributed by atoms with Gasteiger partial charge in [-0.25, -0.2) is 9.97 Å². The van der Waals surface area contributed by atoms with E-state index in [2.05, 4.69) is 19.8 Å². The third kappa shape index (κ3) is 5.52. The number of hydrogen-bond donors (Lipinski definition) is 0. The van der Waals surface area contributed by atoms with E-state index < -0.39 is 0 Å². The molecule has 0 aromatic carbocycles. The first-order chi connectivity index (χ1) is 18.7. The quantitative estimate of drug-likeness (QED) is 0.507. The maximum atomic E-state index is 13.1. The Morgan fingerprint density at radius 1 is 0.789 bits per heavy atom. The summed E-state index contributed by atoms with van der Waals surface area (Å²) in [4.78, 5) is 38.3. The van der Waals surface area contributed by atoms with Gasteiger partial charge < -0.3 is 19.3 Å². The fourth-order valence-corrected chi connectivity index (χ4v) is 5.42. The van der Waals surface area contributed by atoms with E-state index >= 15 is 0 Å². The molecule has 3 aromatic rings. The monoisotopic (exact) mass is 515 g/mol. The van der Waals surface area contributed by atoms with Crippen molar-refractivity contribution in [1.29, 1.82) is 0 Å². The van der Waals surface area contributed by atoms with Crippen LogP contribution in [-0.4, -0.2) is 107 Å². The number of piperidine rings is 1. The molecule has 0 spiro atoms. The lowest BCUT2D eigenvalue weighted by Crippen LogP contribution is -2.49. The average Bonchev–Trinajstić information content (AvgIpc) is 3.02. The third-order valence-corrected chi connectivity index (χ3v) is 7.58. The number of morpholine rings is 2. The first-order valence-corrected chi connectivity index (χ1v) is 13.4. The highest BCUT2D eigenvalue weighted by atomic mass is 16.5. The molecule has 0 N–H and O–H groups in total. The molecule has 38 heavy (non-hydrogen) atoms. The molecule has 10 nitrogen and oxygen atoms in total. The molecule has 3 aliphatic heterocycles. The number of carbonyl (C=O) groups is 1. The van der Waals surface area contributed by atoms with Gasteiger partial charge >= 0.3 is 0 Å². The van der Waals surface area contributed by atoms with Crippen LogP contribution in [-0.2, 0) is 9.47 Å². The van der Waals surface area contributed by atoms with Crippen molar-refractivity contribution in [2.24, 2.45) is 0 Å². The van der Waals surface area contributed by atoms with Gasteiger partial charge in [-0.1, -0.05) is 0 Å². The fraction of sp³-hybridized carbons (Fsp3) is 0.464. The van der Waals surface area contributed by atoms with Crippen molar-refractivity contribution in [1.82, 2.24) is 29.7 Å². The zero-order chi connectivity index (χ0) is 25.7. The van der Waals surface area contributed by atoms with Crippen molar-refractivity contribution < 1.29 is 14.3 Å². The molecular weight excluding hydrogens is 482 g/mol. The number of aromatic nitrogens is 4. The normalized spacial score (nSPS) is 19.5. The van der Waals surface area contributed by atoms with Gasteiger partial charge in [0.2, 0.25) is 0 Å². The van der Waals surface area contributed by atoms with Crippen LogP contribution in [0.3, 0.4) is 0 Å². The number of anilines is 1. The Kier molecular flexibility index (Phi) is 7.52. The van der Waals surface area contributed by atoms with Gasteiger partial charge in [-0.15, -0.1) is 0 Å². The van der Waals surface area contributed by atoms with Gasteiger partial charge in [-0.2, -0.15) is 0 Å². The first kappa shape index (κ1) is 24.8. The first-order valence-electron chi connectivity index (χ1n) is 13.4. The fourth-order valence-electron chi connectivity index (χ4n) is 5.42. The molecule has 6 rings (SSSR count). The van der Waals surface area contributed by atoms with E-state index in [1.807, 2.05) is 29.2 Å². The van der Waals surface area contributed by atoms with E-state index in [1.54, 1.807) is 24.8 Å². The molecule has 10 heteroatoms. The van der Waals surface area contributed by atoms with Crippen molar-refractivity contribution in [3.05, 3.63) is 54.6 Å². The van der Waals surface area contributed by atoms with E-state index in [1.165, 1.54) is 0 Å². The minimum absolute atomic E-state index is 0.0310. The molecule has 198 valence electrons. The highest BCUT2D eigenvalue weighted by molar-refractivity contribution is 5.95. The molecule has 3 aromatic heterocycles. The number of carbonyl (C=O) groups excluding carboxylic acids is 1. The highest BCUT2D eigenvalue weighted by Gasteiger charge is 2.27. The van der Waals surface area contributed by atoms with E-state index in [0.29, 0.717) is 43.7 Å². The minimum atomic E-state index is -0.0310. The van der Waals surface area contributed by atoms with E-state index in [4.69, 9.17) is 19.4 Å². The standard InChI is InChI=1S/C28H33N7O3/c36-28(35-11-15-38-16-12-35)23-17-22(19-30-20-23)25-18-26(32-27(31-25)21-1-5-29-6-2-21)34-7-3-24(4-8-34)33-9-13-37-14-10-33/h1-2,5-6,17-20,24H,3-4,7-16H2. The molecular formula is C28H33N7O3. The maximum absolute atomic E-state index is 13.1. The van der Waals surface area contributed by atoms with Crippen LogP contribution in [0.25, 0.3) is 22.6 Å². The van der Waals surface area contributed by atoms with Crippen LogP contribution in [0.2, 0.25) is 0 Å². The second kappa shape index (κ2) is 11.5. The number of nitrogens with zero attached hydrogens (tertiary/aromatic N) is 7. The topological polar surface area (TPSA) is 96.8 Å². The van der Waals surface area contributed by atoms with Crippen molar-refractivity contribution in [3.8, 4) is 22.6 Å². The van der Waals surface area contributed by atoms with Crippen LogP contribution in [0.15, 0.2) is 49.1 Å². The Hall–Kier alpha value is -3.47. The van der Waals surface area contributed by atoms with Crippen molar-refractivity contribution in [3.63, 3.8) is 0 Å². The van der Waals surface area contributed by atoms with Gasteiger partial charge in [-0.05, 0) is 31.0 Å². The molecule has 3 saturated heterocycles. The number of ether oxygens (including phenoxy) is 2. The van der Waals surface area contributed by atoms with Crippen molar-refractivity contribution in [2.45, 2.75) is 18.9 Å². The van der Waals surface area contributed by atoms with Crippen LogP contribution in [0, 0.1) is 0 Å². The third-order valence-electron chi connectivity index (χ3n) is 7.58.